The maximum Gasteiger partial charge on any atom is 0.405 e. The minimum Gasteiger partial charge on any atom is -0.491 e. The first-order chi connectivity index (χ1) is 15.3. The van der Waals surface area contributed by atoms with E-state index in [4.69, 9.17) is 4.74 Å². The smallest absolute Gasteiger partial charge is 0.405 e. The quantitative estimate of drug-likeness (QED) is 0.501. The molecule has 0 saturated carbocycles. The van der Waals surface area contributed by atoms with Crippen LogP contribution in [-0.4, -0.2) is 22.4 Å². The molecule has 180 valence electrons. The van der Waals surface area contributed by atoms with Crippen LogP contribution in [0.15, 0.2) is 23.0 Å². The molecular formula is C26H37N3O4. The Morgan fingerprint density at radius 2 is 1.88 bits per heavy atom. The molecule has 7 heteroatoms. The Kier molecular flexibility index (Phi) is 8.18. The second-order valence-electron chi connectivity index (χ2n) is 10.8. The van der Waals surface area contributed by atoms with Gasteiger partial charge >= 0.3 is 6.09 Å². The molecule has 33 heavy (non-hydrogen) atoms. The van der Waals surface area contributed by atoms with Gasteiger partial charge in [-0.3, -0.25) is 4.79 Å². The number of nitriles is 1. The fraction of sp³-hybridized carbons (Fsp3) is 0.577. The Bertz CT molecular complexity index is 1100. The Morgan fingerprint density at radius 1 is 1.21 bits per heavy atom. The first kappa shape index (κ1) is 26.2. The molecule has 1 atom stereocenters. The maximum absolute atomic E-state index is 13.8. The normalized spacial score (nSPS) is 12.9. The number of aromatic nitrogens is 1. The first-order valence-corrected chi connectivity index (χ1v) is 11.5. The van der Waals surface area contributed by atoms with Crippen LogP contribution in [0.5, 0.6) is 5.75 Å². The zero-order valence-electron chi connectivity index (χ0n) is 20.9. The Labute approximate surface area is 196 Å². The largest absolute Gasteiger partial charge is 0.491 e. The monoisotopic (exact) mass is 455 g/mol. The van der Waals surface area contributed by atoms with Crippen molar-refractivity contribution in [1.82, 2.24) is 9.88 Å². The predicted molar refractivity (Wildman–Crippen MR) is 131 cm³/mol. The first-order valence-electron chi connectivity index (χ1n) is 11.5. The molecular weight excluding hydrogens is 418 g/mol. The molecule has 0 aliphatic carbocycles. The van der Waals surface area contributed by atoms with Gasteiger partial charge in [-0.15, -0.1) is 0 Å². The Balaban J connectivity index is 3.03. The van der Waals surface area contributed by atoms with E-state index < -0.39 is 17.6 Å². The summed E-state index contributed by atoms with van der Waals surface area (Å²) in [6.45, 7) is 14.8. The van der Waals surface area contributed by atoms with E-state index in [0.29, 0.717) is 35.4 Å². The second-order valence-corrected chi connectivity index (χ2v) is 10.8. The number of pyridine rings is 1. The van der Waals surface area contributed by atoms with Crippen LogP contribution < -0.4 is 15.6 Å². The molecule has 0 aliphatic heterocycles. The number of fused-ring (bicyclic) bond motifs is 1. The fourth-order valence-corrected chi connectivity index (χ4v) is 3.89. The number of nitrogens with zero attached hydrogens (tertiary/aromatic N) is 2. The van der Waals surface area contributed by atoms with Crippen LogP contribution in [-0.2, 0) is 13.0 Å². The Morgan fingerprint density at radius 3 is 2.39 bits per heavy atom. The summed E-state index contributed by atoms with van der Waals surface area (Å²) in [6.07, 6.45) is 0.803. The molecule has 0 radical (unpaired) electrons. The van der Waals surface area contributed by atoms with Crippen LogP contribution in [0.25, 0.3) is 10.8 Å². The van der Waals surface area contributed by atoms with Crippen molar-refractivity contribution in [3.05, 3.63) is 39.8 Å². The highest BCUT2D eigenvalue weighted by Gasteiger charge is 2.35. The third kappa shape index (κ3) is 6.50. The fourth-order valence-electron chi connectivity index (χ4n) is 3.89. The number of amides is 1. The van der Waals surface area contributed by atoms with Gasteiger partial charge in [-0.2, -0.15) is 5.26 Å². The van der Waals surface area contributed by atoms with Gasteiger partial charge in [0, 0.05) is 11.9 Å². The molecule has 1 amide bonds. The average molecular weight is 456 g/mol. The van der Waals surface area contributed by atoms with Gasteiger partial charge < -0.3 is 19.7 Å². The summed E-state index contributed by atoms with van der Waals surface area (Å²) in [4.78, 5) is 25.6. The third-order valence-electron chi connectivity index (χ3n) is 5.39. The van der Waals surface area contributed by atoms with Gasteiger partial charge in [0.2, 0.25) is 0 Å². The van der Waals surface area contributed by atoms with E-state index in [0.717, 1.165) is 18.4 Å². The van der Waals surface area contributed by atoms with Crippen molar-refractivity contribution in [1.29, 1.82) is 5.26 Å². The average Bonchev–Trinajstić information content (AvgIpc) is 2.68. The summed E-state index contributed by atoms with van der Waals surface area (Å²) in [6, 6.07) is 6.83. The molecule has 0 saturated heterocycles. The van der Waals surface area contributed by atoms with E-state index in [-0.39, 0.29) is 17.4 Å². The van der Waals surface area contributed by atoms with Gasteiger partial charge in [0.1, 0.15) is 5.75 Å². The van der Waals surface area contributed by atoms with Crippen LogP contribution in [0.4, 0.5) is 4.79 Å². The van der Waals surface area contributed by atoms with E-state index in [2.05, 4.69) is 18.3 Å². The molecule has 1 heterocycles. The van der Waals surface area contributed by atoms with Gasteiger partial charge in [0.25, 0.3) is 5.56 Å². The highest BCUT2D eigenvalue weighted by atomic mass is 16.5. The lowest BCUT2D eigenvalue weighted by Crippen LogP contribution is -2.41. The van der Waals surface area contributed by atoms with Gasteiger partial charge in [-0.1, -0.05) is 61.0 Å². The Hall–Kier alpha value is -3.01. The molecule has 0 fully saturated rings. The molecule has 2 aromatic rings. The van der Waals surface area contributed by atoms with E-state index >= 15 is 0 Å². The van der Waals surface area contributed by atoms with Crippen molar-refractivity contribution in [2.45, 2.75) is 80.3 Å². The molecule has 7 nitrogen and oxygen atoms in total. The zero-order chi connectivity index (χ0) is 25.0. The van der Waals surface area contributed by atoms with Gasteiger partial charge in [0.15, 0.2) is 0 Å². The van der Waals surface area contributed by atoms with Crippen molar-refractivity contribution in [3.63, 3.8) is 0 Å². The zero-order valence-corrected chi connectivity index (χ0v) is 20.9. The van der Waals surface area contributed by atoms with Crippen LogP contribution in [0.3, 0.4) is 0 Å². The highest BCUT2D eigenvalue weighted by Crippen LogP contribution is 2.41. The number of nitrogens with one attached hydrogen (secondary N) is 1. The van der Waals surface area contributed by atoms with Crippen molar-refractivity contribution >= 4 is 16.9 Å². The summed E-state index contributed by atoms with van der Waals surface area (Å²) >= 11 is 0. The number of benzene rings is 1. The summed E-state index contributed by atoms with van der Waals surface area (Å²) in [7, 11) is 0. The molecule has 2 rings (SSSR count). The molecule has 0 spiro atoms. The number of hydrogen-bond acceptors (Lipinski definition) is 4. The highest BCUT2D eigenvalue weighted by molar-refractivity contribution is 5.89. The standard InChI is InChI=1S/C26H37N3O4/c1-8-9-14-33-21-19-15-17(12-13-27)10-11-18(19)23(30)29(16-25(2,3)4)20(21)22(26(5,6)7)28-24(31)32/h10-11,15,22,28H,8-9,12,14,16H2,1-7H3,(H,31,32). The second kappa shape index (κ2) is 10.3. The molecule has 1 aromatic heterocycles. The lowest BCUT2D eigenvalue weighted by molar-refractivity contribution is 0.169. The number of ether oxygens (including phenoxy) is 1. The van der Waals surface area contributed by atoms with E-state index in [1.807, 2.05) is 47.6 Å². The summed E-state index contributed by atoms with van der Waals surface area (Å²) in [5, 5.41) is 22.6. The van der Waals surface area contributed by atoms with E-state index in [1.165, 1.54) is 0 Å². The van der Waals surface area contributed by atoms with E-state index in [1.54, 1.807) is 16.7 Å². The molecule has 0 aliphatic rings. The van der Waals surface area contributed by atoms with Crippen LogP contribution >= 0.6 is 0 Å². The van der Waals surface area contributed by atoms with Crippen LogP contribution in [0, 0.1) is 22.2 Å². The van der Waals surface area contributed by atoms with Gasteiger partial charge in [0.05, 0.1) is 36.2 Å². The number of carboxylic acid groups (broad SMARTS) is 1. The van der Waals surface area contributed by atoms with Crippen molar-refractivity contribution < 1.29 is 14.6 Å². The number of carbonyl (C=O) groups is 1. The lowest BCUT2D eigenvalue weighted by Gasteiger charge is -2.35. The minimum atomic E-state index is -1.16. The third-order valence-corrected chi connectivity index (χ3v) is 5.39. The van der Waals surface area contributed by atoms with Crippen LogP contribution in [0.2, 0.25) is 0 Å². The summed E-state index contributed by atoms with van der Waals surface area (Å²) in [5.41, 5.74) is 0.345. The maximum atomic E-state index is 13.8. The van der Waals surface area contributed by atoms with Crippen LogP contribution in [0.1, 0.15) is 78.6 Å². The number of hydrogen-bond donors (Lipinski definition) is 2. The number of rotatable bonds is 8. The summed E-state index contributed by atoms with van der Waals surface area (Å²) in [5.74, 6) is 0.510. The SMILES string of the molecule is CCCCOc1c(C(NC(=O)O)C(C)(C)C)n(CC(C)(C)C)c(=O)c2ccc(CC#N)cc12. The molecule has 0 bridgehead atoms. The number of unbranched alkanes of at least 4 members (excludes halogenated alkanes) is 1. The van der Waals surface area contributed by atoms with Gasteiger partial charge in [-0.05, 0) is 34.9 Å². The van der Waals surface area contributed by atoms with E-state index in [9.17, 15) is 20.0 Å². The predicted octanol–water partition coefficient (Wildman–Crippen LogP) is 5.65. The summed E-state index contributed by atoms with van der Waals surface area (Å²) < 4.78 is 8.00. The molecule has 1 aromatic carbocycles. The van der Waals surface area contributed by atoms with Crippen molar-refractivity contribution in [2.75, 3.05) is 6.61 Å². The molecule has 1 unspecified atom stereocenters. The lowest BCUT2D eigenvalue weighted by atomic mass is 9.83. The molecule has 2 N–H and O–H groups in total. The van der Waals surface area contributed by atoms with Crippen molar-refractivity contribution in [2.24, 2.45) is 10.8 Å². The minimum absolute atomic E-state index is 0.192. The van der Waals surface area contributed by atoms with Crippen molar-refractivity contribution in [3.8, 4) is 11.8 Å². The topological polar surface area (TPSA) is 104 Å². The van der Waals surface area contributed by atoms with Gasteiger partial charge in [-0.25, -0.2) is 4.79 Å².